The van der Waals surface area contributed by atoms with Crippen LogP contribution in [0.25, 0.3) is 0 Å². The van der Waals surface area contributed by atoms with Gasteiger partial charge in [0.25, 0.3) is 0 Å². The van der Waals surface area contributed by atoms with Gasteiger partial charge < -0.3 is 20.3 Å². The monoisotopic (exact) mass is 427 g/mol. The zero-order valence-electron chi connectivity index (χ0n) is 17.4. The van der Waals surface area contributed by atoms with Crippen LogP contribution in [0.3, 0.4) is 0 Å². The van der Waals surface area contributed by atoms with Crippen molar-refractivity contribution in [3.8, 4) is 0 Å². The minimum atomic E-state index is -3.80. The number of rotatable bonds is 7. The third kappa shape index (κ3) is 6.23. The van der Waals surface area contributed by atoms with E-state index in [1.165, 1.54) is 4.31 Å². The third-order valence-corrected chi connectivity index (χ3v) is 6.67. The highest BCUT2D eigenvalue weighted by Gasteiger charge is 2.35. The molecule has 0 saturated carbocycles. The second-order valence-corrected chi connectivity index (χ2v) is 9.35. The number of carbonyl (C=O) groups is 2. The number of ether oxygens (including phenoxy) is 1. The van der Waals surface area contributed by atoms with Gasteiger partial charge in [-0.2, -0.15) is 4.31 Å². The summed E-state index contributed by atoms with van der Waals surface area (Å²) in [5, 5.41) is 5.02. The molecule has 3 N–H and O–H groups in total. The van der Waals surface area contributed by atoms with Crippen molar-refractivity contribution in [2.75, 3.05) is 46.9 Å². The summed E-state index contributed by atoms with van der Waals surface area (Å²) in [6.45, 7) is 5.21. The summed E-state index contributed by atoms with van der Waals surface area (Å²) in [6, 6.07) is 5.26. The first-order chi connectivity index (χ1) is 13.6. The van der Waals surface area contributed by atoms with Crippen molar-refractivity contribution in [1.29, 1.82) is 0 Å². The molecule has 1 fully saturated rings. The van der Waals surface area contributed by atoms with Crippen LogP contribution in [0.1, 0.15) is 17.5 Å². The molecular formula is C19H31N4O5S+. The number of nitrogens with one attached hydrogen (secondary N) is 3. The van der Waals surface area contributed by atoms with Crippen LogP contribution in [0.4, 0.5) is 0 Å². The van der Waals surface area contributed by atoms with Gasteiger partial charge in [0.05, 0.1) is 45.2 Å². The highest BCUT2D eigenvalue weighted by atomic mass is 32.2. The van der Waals surface area contributed by atoms with Crippen molar-refractivity contribution in [3.05, 3.63) is 29.3 Å². The van der Waals surface area contributed by atoms with E-state index in [2.05, 4.69) is 10.6 Å². The number of likely N-dealkylation sites (N-methyl/N-ethyl adjacent to an activating group) is 1. The zero-order chi connectivity index (χ0) is 21.6. The first-order valence-electron chi connectivity index (χ1n) is 9.68. The molecule has 2 rings (SSSR count). The first kappa shape index (κ1) is 23.3. The van der Waals surface area contributed by atoms with E-state index < -0.39 is 28.1 Å². The first-order valence-corrected chi connectivity index (χ1v) is 11.1. The number of aryl methyl sites for hydroxylation is 2. The number of amides is 2. The lowest BCUT2D eigenvalue weighted by Crippen LogP contribution is -3.06. The van der Waals surface area contributed by atoms with Crippen molar-refractivity contribution < 1.29 is 27.6 Å². The molecule has 0 spiro atoms. The Morgan fingerprint density at radius 1 is 1.21 bits per heavy atom. The molecular weight excluding hydrogens is 396 g/mol. The Morgan fingerprint density at radius 3 is 2.59 bits per heavy atom. The van der Waals surface area contributed by atoms with Crippen LogP contribution in [-0.2, 0) is 24.3 Å². The van der Waals surface area contributed by atoms with Gasteiger partial charge in [-0.05, 0) is 37.5 Å². The number of hydrogen-bond acceptors (Lipinski definition) is 5. The minimum Gasteiger partial charge on any atom is -0.360 e. The largest absolute Gasteiger partial charge is 0.360 e. The van der Waals surface area contributed by atoms with Crippen LogP contribution < -0.4 is 15.5 Å². The predicted octanol–water partition coefficient (Wildman–Crippen LogP) is -1.58. The van der Waals surface area contributed by atoms with Gasteiger partial charge in [0.15, 0.2) is 0 Å². The molecule has 2 amide bonds. The fraction of sp³-hybridized carbons (Fsp3) is 0.579. The van der Waals surface area contributed by atoms with Crippen LogP contribution in [0.5, 0.6) is 0 Å². The normalized spacial score (nSPS) is 17.9. The number of carbonyl (C=O) groups excluding carboxylic acids is 2. The van der Waals surface area contributed by atoms with Gasteiger partial charge in [-0.25, -0.2) is 8.42 Å². The lowest BCUT2D eigenvalue weighted by atomic mass is 10.2. The average molecular weight is 428 g/mol. The molecule has 0 unspecified atom stereocenters. The fourth-order valence-electron chi connectivity index (χ4n) is 2.98. The summed E-state index contributed by atoms with van der Waals surface area (Å²) in [7, 11) is 0.0816. The predicted molar refractivity (Wildman–Crippen MR) is 108 cm³/mol. The van der Waals surface area contributed by atoms with E-state index in [0.29, 0.717) is 31.7 Å². The van der Waals surface area contributed by atoms with E-state index in [1.54, 1.807) is 19.1 Å². The van der Waals surface area contributed by atoms with Gasteiger partial charge >= 0.3 is 11.8 Å². The Kier molecular flexibility index (Phi) is 8.14. The Bertz CT molecular complexity index is 841. The van der Waals surface area contributed by atoms with Gasteiger partial charge in [-0.15, -0.1) is 0 Å². The number of sulfonamides is 1. The second kappa shape index (κ2) is 10.1. The molecule has 162 valence electrons. The molecule has 0 radical (unpaired) electrons. The Balaban J connectivity index is 2.05. The maximum atomic E-state index is 13.2. The van der Waals surface area contributed by atoms with Gasteiger partial charge in [0, 0.05) is 6.54 Å². The van der Waals surface area contributed by atoms with Crippen LogP contribution in [0, 0.1) is 13.8 Å². The zero-order valence-corrected chi connectivity index (χ0v) is 18.3. The SMILES string of the molecule is Cc1ccc(C)c(S(=O)(=O)N2CCCO[C@H]2CNC(=O)C(=O)NCC[NH+](C)C)c1. The minimum absolute atomic E-state index is 0.102. The Labute approximate surface area is 172 Å². The summed E-state index contributed by atoms with van der Waals surface area (Å²) in [5.74, 6) is -1.55. The topological polar surface area (TPSA) is 109 Å². The van der Waals surface area contributed by atoms with Crippen molar-refractivity contribution in [2.24, 2.45) is 0 Å². The molecule has 1 atom stereocenters. The van der Waals surface area contributed by atoms with E-state index >= 15 is 0 Å². The van der Waals surface area contributed by atoms with Gasteiger partial charge in [-0.3, -0.25) is 9.59 Å². The summed E-state index contributed by atoms with van der Waals surface area (Å²) in [5.41, 5.74) is 1.49. The number of hydrogen-bond donors (Lipinski definition) is 3. The van der Waals surface area contributed by atoms with E-state index in [-0.39, 0.29) is 18.0 Å². The summed E-state index contributed by atoms with van der Waals surface area (Å²) >= 11 is 0. The molecule has 1 saturated heterocycles. The number of benzene rings is 1. The maximum Gasteiger partial charge on any atom is 0.309 e. The van der Waals surface area contributed by atoms with E-state index in [4.69, 9.17) is 4.74 Å². The molecule has 1 aliphatic heterocycles. The van der Waals surface area contributed by atoms with E-state index in [0.717, 1.165) is 10.5 Å². The lowest BCUT2D eigenvalue weighted by Gasteiger charge is -2.35. The van der Waals surface area contributed by atoms with Crippen molar-refractivity contribution in [1.82, 2.24) is 14.9 Å². The molecule has 0 aliphatic carbocycles. The highest BCUT2D eigenvalue weighted by Crippen LogP contribution is 2.25. The van der Waals surface area contributed by atoms with Gasteiger partial charge in [0.2, 0.25) is 10.0 Å². The van der Waals surface area contributed by atoms with Crippen LogP contribution >= 0.6 is 0 Å². The standard InChI is InChI=1S/C19H30N4O5S/c1-14-6-7-15(2)16(12-14)29(26,27)23-9-5-11-28-17(23)13-21-19(25)18(24)20-8-10-22(3)4/h6-7,12,17H,5,8-11,13H2,1-4H3,(H,20,24)(H,21,25)/p+1/t17-/m0/s1. The van der Waals surface area contributed by atoms with E-state index in [9.17, 15) is 18.0 Å². The molecule has 0 bridgehead atoms. The van der Waals surface area contributed by atoms with Crippen molar-refractivity contribution >= 4 is 21.8 Å². The van der Waals surface area contributed by atoms with Crippen molar-refractivity contribution in [2.45, 2.75) is 31.4 Å². The quantitative estimate of drug-likeness (QED) is 0.455. The number of nitrogens with zero attached hydrogens (tertiary/aromatic N) is 1. The number of quaternary nitrogens is 1. The molecule has 9 nitrogen and oxygen atoms in total. The molecule has 29 heavy (non-hydrogen) atoms. The van der Waals surface area contributed by atoms with Crippen molar-refractivity contribution in [3.63, 3.8) is 0 Å². The molecule has 1 aliphatic rings. The average Bonchev–Trinajstić information content (AvgIpc) is 2.67. The van der Waals surface area contributed by atoms with Crippen LogP contribution in [0.15, 0.2) is 23.1 Å². The molecule has 1 aromatic rings. The van der Waals surface area contributed by atoms with E-state index in [1.807, 2.05) is 27.1 Å². The molecule has 0 aromatic heterocycles. The third-order valence-electron chi connectivity index (χ3n) is 4.64. The molecule has 1 aromatic carbocycles. The van der Waals surface area contributed by atoms with Gasteiger partial charge in [-0.1, -0.05) is 12.1 Å². The summed E-state index contributed by atoms with van der Waals surface area (Å²) in [4.78, 5) is 25.3. The van der Waals surface area contributed by atoms with Gasteiger partial charge in [0.1, 0.15) is 6.23 Å². The lowest BCUT2D eigenvalue weighted by molar-refractivity contribution is -0.856. The molecule has 10 heteroatoms. The fourth-order valence-corrected chi connectivity index (χ4v) is 4.86. The molecule has 1 heterocycles. The second-order valence-electron chi connectivity index (χ2n) is 7.49. The van der Waals surface area contributed by atoms with Crippen LogP contribution in [0.2, 0.25) is 0 Å². The maximum absolute atomic E-state index is 13.2. The Morgan fingerprint density at radius 2 is 1.90 bits per heavy atom. The summed E-state index contributed by atoms with van der Waals surface area (Å²) in [6.07, 6.45) is -0.307. The Hall–Kier alpha value is -2.01. The highest BCUT2D eigenvalue weighted by molar-refractivity contribution is 7.89. The smallest absolute Gasteiger partial charge is 0.309 e. The summed E-state index contributed by atoms with van der Waals surface area (Å²) < 4.78 is 33.3. The van der Waals surface area contributed by atoms with Crippen LogP contribution in [-0.4, -0.2) is 77.6 Å².